The van der Waals surface area contributed by atoms with E-state index in [0.717, 1.165) is 18.5 Å². The molecule has 114 valence electrons. The molecule has 1 aromatic heterocycles. The second-order valence-corrected chi connectivity index (χ2v) is 6.30. The van der Waals surface area contributed by atoms with Crippen molar-refractivity contribution >= 4 is 22.9 Å². The molecule has 0 aliphatic carbocycles. The molecule has 1 heterocycles. The maximum absolute atomic E-state index is 9.82. The number of ether oxygens (including phenoxy) is 1. The van der Waals surface area contributed by atoms with E-state index in [0.29, 0.717) is 24.8 Å². The van der Waals surface area contributed by atoms with Gasteiger partial charge in [0.25, 0.3) is 0 Å². The number of aliphatic hydroxyl groups is 1. The maximum Gasteiger partial charge on any atom is 0.0897 e. The van der Waals surface area contributed by atoms with Crippen LogP contribution in [0.4, 0.5) is 0 Å². The average Bonchev–Trinajstić information content (AvgIpc) is 2.99. The van der Waals surface area contributed by atoms with Gasteiger partial charge in [-0.05, 0) is 35.6 Å². The first-order chi connectivity index (χ1) is 10.2. The first kappa shape index (κ1) is 16.5. The van der Waals surface area contributed by atoms with Gasteiger partial charge in [-0.15, -0.1) is 11.3 Å². The third-order valence-electron chi connectivity index (χ3n) is 3.00. The Hall–Kier alpha value is -0.910. The van der Waals surface area contributed by atoms with Gasteiger partial charge in [0.2, 0.25) is 0 Å². The topological polar surface area (TPSA) is 41.5 Å². The highest BCUT2D eigenvalue weighted by Gasteiger charge is 2.04. The molecular formula is C16H20ClNO2S. The molecule has 0 fully saturated rings. The van der Waals surface area contributed by atoms with E-state index in [1.165, 1.54) is 4.88 Å². The quantitative estimate of drug-likeness (QED) is 0.696. The van der Waals surface area contributed by atoms with Gasteiger partial charge in [-0.2, -0.15) is 0 Å². The lowest BCUT2D eigenvalue weighted by atomic mass is 10.2. The van der Waals surface area contributed by atoms with Crippen LogP contribution in [0.2, 0.25) is 5.02 Å². The molecule has 0 aliphatic rings. The van der Waals surface area contributed by atoms with E-state index >= 15 is 0 Å². The fraction of sp³-hybridized carbons (Fsp3) is 0.375. The molecule has 0 saturated carbocycles. The lowest BCUT2D eigenvalue weighted by Crippen LogP contribution is -2.31. The molecule has 0 bridgehead atoms. The van der Waals surface area contributed by atoms with E-state index in [-0.39, 0.29) is 0 Å². The van der Waals surface area contributed by atoms with Crippen LogP contribution in [0.3, 0.4) is 0 Å². The molecule has 1 aromatic carbocycles. The van der Waals surface area contributed by atoms with E-state index in [1.54, 1.807) is 11.3 Å². The number of hydrogen-bond acceptors (Lipinski definition) is 4. The molecule has 1 unspecified atom stereocenters. The molecule has 2 N–H and O–H groups in total. The molecule has 3 nitrogen and oxygen atoms in total. The van der Waals surface area contributed by atoms with Gasteiger partial charge >= 0.3 is 0 Å². The Morgan fingerprint density at radius 2 is 2.05 bits per heavy atom. The van der Waals surface area contributed by atoms with E-state index in [2.05, 4.69) is 22.8 Å². The standard InChI is InChI=1S/C16H20ClNO2S/c17-14-5-3-13(4-6-14)11-20-12-15(19)10-18-8-7-16-2-1-9-21-16/h1-6,9,15,18-19H,7-8,10-12H2. The van der Waals surface area contributed by atoms with Crippen molar-refractivity contribution in [1.29, 1.82) is 0 Å². The molecule has 2 rings (SSSR count). The van der Waals surface area contributed by atoms with E-state index < -0.39 is 6.10 Å². The predicted molar refractivity (Wildman–Crippen MR) is 88.0 cm³/mol. The van der Waals surface area contributed by atoms with Gasteiger partial charge in [0.05, 0.1) is 19.3 Å². The SMILES string of the molecule is OC(CNCCc1cccs1)COCc1ccc(Cl)cc1. The van der Waals surface area contributed by atoms with Gasteiger partial charge in [0.1, 0.15) is 0 Å². The molecule has 0 aliphatic heterocycles. The number of rotatable bonds is 9. The zero-order chi connectivity index (χ0) is 14.9. The van der Waals surface area contributed by atoms with Crippen LogP contribution < -0.4 is 5.32 Å². The van der Waals surface area contributed by atoms with Crippen molar-refractivity contribution in [2.24, 2.45) is 0 Å². The van der Waals surface area contributed by atoms with Gasteiger partial charge in [0, 0.05) is 23.0 Å². The van der Waals surface area contributed by atoms with Crippen LogP contribution in [0.25, 0.3) is 0 Å². The van der Waals surface area contributed by atoms with E-state index in [1.807, 2.05) is 24.3 Å². The van der Waals surface area contributed by atoms with Crippen molar-refractivity contribution < 1.29 is 9.84 Å². The van der Waals surface area contributed by atoms with Crippen LogP contribution in [0.5, 0.6) is 0 Å². The number of nitrogens with one attached hydrogen (secondary N) is 1. The highest BCUT2D eigenvalue weighted by atomic mass is 35.5. The second-order valence-electron chi connectivity index (χ2n) is 4.83. The van der Waals surface area contributed by atoms with Crippen molar-refractivity contribution in [3.8, 4) is 0 Å². The highest BCUT2D eigenvalue weighted by Crippen LogP contribution is 2.10. The molecule has 0 radical (unpaired) electrons. The number of hydrogen-bond donors (Lipinski definition) is 2. The third kappa shape index (κ3) is 6.59. The monoisotopic (exact) mass is 325 g/mol. The number of thiophene rings is 1. The number of aliphatic hydroxyl groups excluding tert-OH is 1. The highest BCUT2D eigenvalue weighted by molar-refractivity contribution is 7.09. The van der Waals surface area contributed by atoms with Crippen LogP contribution in [-0.2, 0) is 17.8 Å². The number of halogens is 1. The third-order valence-corrected chi connectivity index (χ3v) is 4.19. The summed E-state index contributed by atoms with van der Waals surface area (Å²) in [6.45, 7) is 2.23. The molecule has 0 amide bonds. The van der Waals surface area contributed by atoms with Crippen molar-refractivity contribution in [1.82, 2.24) is 5.32 Å². The summed E-state index contributed by atoms with van der Waals surface area (Å²) in [5.41, 5.74) is 1.05. The molecular weight excluding hydrogens is 306 g/mol. The Labute approximate surface area is 134 Å². The summed E-state index contributed by atoms with van der Waals surface area (Å²) < 4.78 is 5.49. The smallest absolute Gasteiger partial charge is 0.0897 e. The molecule has 2 aromatic rings. The predicted octanol–water partition coefficient (Wildman–Crippen LogP) is 3.11. The summed E-state index contributed by atoms with van der Waals surface area (Å²) in [5.74, 6) is 0. The maximum atomic E-state index is 9.82. The Morgan fingerprint density at radius 1 is 1.24 bits per heavy atom. The minimum atomic E-state index is -0.486. The molecule has 0 spiro atoms. The van der Waals surface area contributed by atoms with Gasteiger partial charge < -0.3 is 15.2 Å². The van der Waals surface area contributed by atoms with Crippen molar-refractivity contribution in [3.05, 3.63) is 57.2 Å². The lowest BCUT2D eigenvalue weighted by Gasteiger charge is -2.12. The summed E-state index contributed by atoms with van der Waals surface area (Å²) in [6.07, 6.45) is 0.511. The largest absolute Gasteiger partial charge is 0.389 e. The van der Waals surface area contributed by atoms with Crippen molar-refractivity contribution in [2.75, 3.05) is 19.7 Å². The first-order valence-electron chi connectivity index (χ1n) is 6.97. The zero-order valence-electron chi connectivity index (χ0n) is 11.8. The van der Waals surface area contributed by atoms with Gasteiger partial charge in [0.15, 0.2) is 0 Å². The minimum Gasteiger partial charge on any atom is -0.389 e. The molecule has 0 saturated heterocycles. The first-order valence-corrected chi connectivity index (χ1v) is 8.23. The fourth-order valence-corrected chi connectivity index (χ4v) is 2.72. The Balaban J connectivity index is 1.53. The lowest BCUT2D eigenvalue weighted by molar-refractivity contribution is 0.0290. The Kier molecular flexibility index (Phi) is 7.19. The molecule has 5 heteroatoms. The van der Waals surface area contributed by atoms with E-state index in [4.69, 9.17) is 16.3 Å². The summed E-state index contributed by atoms with van der Waals surface area (Å²) in [4.78, 5) is 1.36. The van der Waals surface area contributed by atoms with Gasteiger partial charge in [-0.3, -0.25) is 0 Å². The van der Waals surface area contributed by atoms with Crippen LogP contribution >= 0.6 is 22.9 Å². The van der Waals surface area contributed by atoms with E-state index in [9.17, 15) is 5.11 Å². The van der Waals surface area contributed by atoms with Gasteiger partial charge in [-0.1, -0.05) is 29.8 Å². The summed E-state index contributed by atoms with van der Waals surface area (Å²) in [5, 5.41) is 15.9. The van der Waals surface area contributed by atoms with Crippen LogP contribution in [0, 0.1) is 0 Å². The average molecular weight is 326 g/mol. The van der Waals surface area contributed by atoms with Crippen molar-refractivity contribution in [2.45, 2.75) is 19.1 Å². The summed E-state index contributed by atoms with van der Waals surface area (Å²) in [7, 11) is 0. The summed E-state index contributed by atoms with van der Waals surface area (Å²) >= 11 is 7.57. The van der Waals surface area contributed by atoms with Crippen LogP contribution in [-0.4, -0.2) is 30.9 Å². The number of benzene rings is 1. The summed E-state index contributed by atoms with van der Waals surface area (Å²) in [6, 6.07) is 11.7. The normalized spacial score (nSPS) is 12.5. The fourth-order valence-electron chi connectivity index (χ4n) is 1.89. The van der Waals surface area contributed by atoms with Crippen LogP contribution in [0.1, 0.15) is 10.4 Å². The Morgan fingerprint density at radius 3 is 2.76 bits per heavy atom. The minimum absolute atomic E-state index is 0.328. The van der Waals surface area contributed by atoms with Crippen LogP contribution in [0.15, 0.2) is 41.8 Å². The molecule has 1 atom stereocenters. The second kappa shape index (κ2) is 9.18. The zero-order valence-corrected chi connectivity index (χ0v) is 13.4. The van der Waals surface area contributed by atoms with Crippen molar-refractivity contribution in [3.63, 3.8) is 0 Å². The Bertz CT molecular complexity index is 502. The molecule has 21 heavy (non-hydrogen) atoms. The van der Waals surface area contributed by atoms with Gasteiger partial charge in [-0.25, -0.2) is 0 Å².